The van der Waals surface area contributed by atoms with Crippen molar-refractivity contribution >= 4 is 33.8 Å². The van der Waals surface area contributed by atoms with Crippen LogP contribution in [0.1, 0.15) is 63.9 Å². The molecule has 1 aliphatic carbocycles. The first-order chi connectivity index (χ1) is 16.2. The van der Waals surface area contributed by atoms with E-state index < -0.39 is 0 Å². The summed E-state index contributed by atoms with van der Waals surface area (Å²) in [4.78, 5) is 27.8. The highest BCUT2D eigenvalue weighted by Gasteiger charge is 2.34. The molecule has 34 heavy (non-hydrogen) atoms. The summed E-state index contributed by atoms with van der Waals surface area (Å²) in [5, 5.41) is 6.67. The van der Waals surface area contributed by atoms with Gasteiger partial charge in [0.25, 0.3) is 11.8 Å². The molecule has 0 aliphatic heterocycles. The maximum absolute atomic E-state index is 13.6. The van der Waals surface area contributed by atoms with E-state index in [0.29, 0.717) is 33.5 Å². The summed E-state index contributed by atoms with van der Waals surface area (Å²) in [6.07, 6.45) is 2.76. The van der Waals surface area contributed by atoms with Gasteiger partial charge in [0.1, 0.15) is 10.8 Å². The third-order valence-corrected chi connectivity index (χ3v) is 7.75. The van der Waals surface area contributed by atoms with Gasteiger partial charge in [0.2, 0.25) is 0 Å². The second-order valence-electron chi connectivity index (χ2n) is 9.99. The minimum Gasteiger partial charge on any atom is -0.495 e. The van der Waals surface area contributed by atoms with Crippen molar-refractivity contribution in [3.8, 4) is 5.75 Å². The van der Waals surface area contributed by atoms with Crippen LogP contribution >= 0.6 is 11.3 Å². The first-order valence-electron chi connectivity index (χ1n) is 11.6. The van der Waals surface area contributed by atoms with E-state index >= 15 is 0 Å². The number of hydrogen-bond acceptors (Lipinski definition) is 4. The molecule has 0 spiro atoms. The van der Waals surface area contributed by atoms with Gasteiger partial charge >= 0.3 is 0 Å². The van der Waals surface area contributed by atoms with Crippen LogP contribution in [0.15, 0.2) is 48.5 Å². The zero-order valence-electron chi connectivity index (χ0n) is 20.5. The molecule has 3 aromatic rings. The highest BCUT2D eigenvalue weighted by Crippen LogP contribution is 2.44. The molecule has 178 valence electrons. The number of rotatable bonds is 5. The Bertz CT molecular complexity index is 1220. The van der Waals surface area contributed by atoms with Gasteiger partial charge in [-0.3, -0.25) is 9.59 Å². The van der Waals surface area contributed by atoms with Crippen LogP contribution in [0.25, 0.3) is 0 Å². The van der Waals surface area contributed by atoms with Crippen LogP contribution in [0.2, 0.25) is 0 Å². The fourth-order valence-corrected chi connectivity index (χ4v) is 5.87. The zero-order chi connectivity index (χ0) is 24.5. The van der Waals surface area contributed by atoms with E-state index in [1.807, 2.05) is 49.4 Å². The van der Waals surface area contributed by atoms with Crippen LogP contribution < -0.4 is 15.4 Å². The first-order valence-corrected chi connectivity index (χ1v) is 12.5. The summed E-state index contributed by atoms with van der Waals surface area (Å²) in [7, 11) is 1.58. The Labute approximate surface area is 205 Å². The number of aryl methyl sites for hydroxylation is 1. The number of benzene rings is 2. The van der Waals surface area contributed by atoms with Crippen molar-refractivity contribution in [3.63, 3.8) is 0 Å². The molecule has 1 aromatic heterocycles. The van der Waals surface area contributed by atoms with E-state index in [0.717, 1.165) is 30.4 Å². The van der Waals surface area contributed by atoms with Crippen molar-refractivity contribution in [3.05, 3.63) is 75.7 Å². The SMILES string of the molecule is COc1ccccc1NC(=O)c1c(NC(=O)c2cccc(C)c2)sc2c1CCC(C(C)(C)C)C2. The quantitative estimate of drug-likeness (QED) is 0.429. The molecule has 2 amide bonds. The lowest BCUT2D eigenvalue weighted by Gasteiger charge is -2.33. The van der Waals surface area contributed by atoms with E-state index in [1.54, 1.807) is 13.2 Å². The Balaban J connectivity index is 1.70. The fourth-order valence-electron chi connectivity index (χ4n) is 4.55. The summed E-state index contributed by atoms with van der Waals surface area (Å²) >= 11 is 1.53. The zero-order valence-corrected chi connectivity index (χ0v) is 21.3. The number of carbonyl (C=O) groups excluding carboxylic acids is 2. The molecule has 1 aliphatic rings. The van der Waals surface area contributed by atoms with E-state index in [1.165, 1.54) is 16.2 Å². The maximum Gasteiger partial charge on any atom is 0.259 e. The number of anilines is 2. The molecule has 1 atom stereocenters. The normalized spacial score (nSPS) is 15.4. The molecule has 0 saturated carbocycles. The van der Waals surface area contributed by atoms with Crippen LogP contribution in [-0.4, -0.2) is 18.9 Å². The van der Waals surface area contributed by atoms with Crippen molar-refractivity contribution in [1.82, 2.24) is 0 Å². The molecule has 2 aromatic carbocycles. The van der Waals surface area contributed by atoms with Crippen molar-refractivity contribution in [1.29, 1.82) is 0 Å². The molecular weight excluding hydrogens is 444 g/mol. The summed E-state index contributed by atoms with van der Waals surface area (Å²) in [5.41, 5.74) is 4.01. The summed E-state index contributed by atoms with van der Waals surface area (Å²) < 4.78 is 5.41. The number of amides is 2. The van der Waals surface area contributed by atoms with Crippen molar-refractivity contribution in [2.24, 2.45) is 11.3 Å². The number of hydrogen-bond donors (Lipinski definition) is 2. The van der Waals surface area contributed by atoms with Gasteiger partial charge in [0, 0.05) is 10.4 Å². The molecule has 4 rings (SSSR count). The first kappa shape index (κ1) is 24.0. The Morgan fingerprint density at radius 2 is 1.79 bits per heavy atom. The number of thiophene rings is 1. The van der Waals surface area contributed by atoms with E-state index in [-0.39, 0.29) is 17.2 Å². The van der Waals surface area contributed by atoms with Crippen LogP contribution in [0, 0.1) is 18.3 Å². The predicted octanol–water partition coefficient (Wildman–Crippen LogP) is 6.72. The number of methoxy groups -OCH3 is 1. The van der Waals surface area contributed by atoms with Crippen LogP contribution in [0.4, 0.5) is 10.7 Å². The Kier molecular flexibility index (Phi) is 6.80. The van der Waals surface area contributed by atoms with Crippen molar-refractivity contribution < 1.29 is 14.3 Å². The number of carbonyl (C=O) groups is 2. The van der Waals surface area contributed by atoms with Gasteiger partial charge < -0.3 is 15.4 Å². The maximum atomic E-state index is 13.6. The second-order valence-corrected chi connectivity index (χ2v) is 11.1. The van der Waals surface area contributed by atoms with E-state index in [2.05, 4.69) is 31.4 Å². The third kappa shape index (κ3) is 5.02. The van der Waals surface area contributed by atoms with Gasteiger partial charge in [-0.25, -0.2) is 0 Å². The molecular formula is C28H32N2O3S. The summed E-state index contributed by atoms with van der Waals surface area (Å²) in [6, 6.07) is 14.8. The highest BCUT2D eigenvalue weighted by molar-refractivity contribution is 7.17. The lowest BCUT2D eigenvalue weighted by Crippen LogP contribution is -2.27. The second kappa shape index (κ2) is 9.63. The molecule has 6 heteroatoms. The highest BCUT2D eigenvalue weighted by atomic mass is 32.1. The number of ether oxygens (including phenoxy) is 1. The van der Waals surface area contributed by atoms with Gasteiger partial charge in [-0.15, -0.1) is 11.3 Å². The third-order valence-electron chi connectivity index (χ3n) is 6.58. The lowest BCUT2D eigenvalue weighted by molar-refractivity contribution is 0.102. The topological polar surface area (TPSA) is 67.4 Å². The van der Waals surface area contributed by atoms with Gasteiger partial charge in [-0.05, 0) is 67.3 Å². The van der Waals surface area contributed by atoms with Crippen LogP contribution in [0.5, 0.6) is 5.75 Å². The molecule has 5 nitrogen and oxygen atoms in total. The fraction of sp³-hybridized carbons (Fsp3) is 0.357. The summed E-state index contributed by atoms with van der Waals surface area (Å²) in [5.74, 6) is 0.693. The average molecular weight is 477 g/mol. The lowest BCUT2D eigenvalue weighted by atomic mass is 9.72. The number of fused-ring (bicyclic) bond motifs is 1. The van der Waals surface area contributed by atoms with Crippen molar-refractivity contribution in [2.75, 3.05) is 17.7 Å². The Hall–Kier alpha value is -3.12. The largest absolute Gasteiger partial charge is 0.495 e. The minimum absolute atomic E-state index is 0.187. The molecule has 2 N–H and O–H groups in total. The summed E-state index contributed by atoms with van der Waals surface area (Å²) in [6.45, 7) is 8.77. The smallest absolute Gasteiger partial charge is 0.259 e. The number of para-hydroxylation sites is 2. The molecule has 0 saturated heterocycles. The Morgan fingerprint density at radius 3 is 2.50 bits per heavy atom. The van der Waals surface area contributed by atoms with Gasteiger partial charge in [0.15, 0.2) is 0 Å². The van der Waals surface area contributed by atoms with E-state index in [9.17, 15) is 9.59 Å². The monoisotopic (exact) mass is 476 g/mol. The van der Waals surface area contributed by atoms with Gasteiger partial charge in [0.05, 0.1) is 18.4 Å². The minimum atomic E-state index is -0.226. The molecule has 0 radical (unpaired) electrons. The van der Waals surface area contributed by atoms with E-state index in [4.69, 9.17) is 4.74 Å². The van der Waals surface area contributed by atoms with Gasteiger partial charge in [-0.1, -0.05) is 50.6 Å². The number of nitrogens with one attached hydrogen (secondary N) is 2. The molecule has 0 bridgehead atoms. The predicted molar refractivity (Wildman–Crippen MR) is 139 cm³/mol. The standard InChI is InChI=1S/C28H32N2O3S/c1-17-9-8-10-18(15-17)25(31)30-27-24(26(32)29-21-11-6-7-12-22(21)33-5)20-14-13-19(28(2,3)4)16-23(20)34-27/h6-12,15,19H,13-14,16H2,1-5H3,(H,29,32)(H,30,31). The average Bonchev–Trinajstić information content (AvgIpc) is 3.16. The molecule has 0 fully saturated rings. The molecule has 1 heterocycles. The van der Waals surface area contributed by atoms with Gasteiger partial charge in [-0.2, -0.15) is 0 Å². The molecule has 1 unspecified atom stereocenters. The Morgan fingerprint density at radius 1 is 1.03 bits per heavy atom. The van der Waals surface area contributed by atoms with Crippen LogP contribution in [0.3, 0.4) is 0 Å². The van der Waals surface area contributed by atoms with Crippen molar-refractivity contribution in [2.45, 2.75) is 47.0 Å². The van der Waals surface area contributed by atoms with Crippen LogP contribution in [-0.2, 0) is 12.8 Å².